The maximum absolute atomic E-state index is 12.8. The molecule has 0 aliphatic carbocycles. The summed E-state index contributed by atoms with van der Waals surface area (Å²) < 4.78 is 78.9. The second-order valence-electron chi connectivity index (χ2n) is 4.58. The maximum Gasteiger partial charge on any atom is 0.573 e. The fraction of sp³-hybridized carbons (Fsp3) is 0.200. The Kier molecular flexibility index (Phi) is 4.79. The zero-order chi connectivity index (χ0) is 17.3. The van der Waals surface area contributed by atoms with Gasteiger partial charge in [-0.1, -0.05) is 18.2 Å². The second kappa shape index (κ2) is 6.31. The van der Waals surface area contributed by atoms with Crippen molar-refractivity contribution in [3.8, 4) is 16.9 Å². The van der Waals surface area contributed by atoms with Crippen LogP contribution >= 0.6 is 11.6 Å². The van der Waals surface area contributed by atoms with E-state index in [1.807, 2.05) is 0 Å². The van der Waals surface area contributed by atoms with Gasteiger partial charge in [-0.3, -0.25) is 0 Å². The molecular formula is C15H9ClF6O. The third-order valence-electron chi connectivity index (χ3n) is 2.96. The number of hydrogen-bond donors (Lipinski definition) is 0. The Bertz CT molecular complexity index is 693. The average molecular weight is 355 g/mol. The minimum absolute atomic E-state index is 0.154. The van der Waals surface area contributed by atoms with E-state index in [1.54, 1.807) is 0 Å². The van der Waals surface area contributed by atoms with Gasteiger partial charge in [-0.15, -0.1) is 24.8 Å². The van der Waals surface area contributed by atoms with Gasteiger partial charge in [-0.05, 0) is 41.0 Å². The molecule has 124 valence electrons. The minimum Gasteiger partial charge on any atom is -0.406 e. The number of halogens is 7. The summed E-state index contributed by atoms with van der Waals surface area (Å²) in [4.78, 5) is 0. The Morgan fingerprint density at radius 1 is 0.870 bits per heavy atom. The first-order chi connectivity index (χ1) is 10.6. The van der Waals surface area contributed by atoms with Crippen LogP contribution in [-0.2, 0) is 12.1 Å². The molecule has 0 saturated heterocycles. The predicted octanol–water partition coefficient (Wildman–Crippen LogP) is 6.01. The van der Waals surface area contributed by atoms with Crippen LogP contribution in [0.1, 0.15) is 11.1 Å². The zero-order valence-electron chi connectivity index (χ0n) is 11.3. The van der Waals surface area contributed by atoms with Gasteiger partial charge in [0.25, 0.3) is 0 Å². The van der Waals surface area contributed by atoms with Crippen molar-refractivity contribution in [3.05, 3.63) is 53.6 Å². The lowest BCUT2D eigenvalue weighted by atomic mass is 9.99. The highest BCUT2D eigenvalue weighted by atomic mass is 35.5. The number of alkyl halides is 7. The molecule has 0 amide bonds. The quantitative estimate of drug-likeness (QED) is 0.484. The number of ether oxygens (including phenoxy) is 1. The Labute approximate surface area is 132 Å². The van der Waals surface area contributed by atoms with Crippen molar-refractivity contribution >= 4 is 11.6 Å². The Morgan fingerprint density at radius 2 is 1.52 bits per heavy atom. The van der Waals surface area contributed by atoms with Crippen LogP contribution in [0.2, 0.25) is 0 Å². The lowest BCUT2D eigenvalue weighted by Crippen LogP contribution is -2.17. The number of benzene rings is 2. The van der Waals surface area contributed by atoms with Crippen LogP contribution in [0.4, 0.5) is 26.3 Å². The molecule has 2 rings (SSSR count). The molecule has 0 fully saturated rings. The average Bonchev–Trinajstić information content (AvgIpc) is 2.44. The van der Waals surface area contributed by atoms with E-state index in [1.165, 1.54) is 24.3 Å². The molecule has 2 aromatic carbocycles. The van der Waals surface area contributed by atoms with Crippen LogP contribution in [0.15, 0.2) is 42.5 Å². The molecule has 0 bridgehead atoms. The lowest BCUT2D eigenvalue weighted by Gasteiger charge is -2.14. The van der Waals surface area contributed by atoms with Gasteiger partial charge in [-0.2, -0.15) is 13.2 Å². The van der Waals surface area contributed by atoms with Crippen LogP contribution in [0, 0.1) is 0 Å². The van der Waals surface area contributed by atoms with Crippen LogP contribution in [0.5, 0.6) is 5.75 Å². The fourth-order valence-corrected chi connectivity index (χ4v) is 2.25. The Balaban J connectivity index is 2.41. The highest BCUT2D eigenvalue weighted by Crippen LogP contribution is 2.36. The van der Waals surface area contributed by atoms with Crippen molar-refractivity contribution in [2.24, 2.45) is 0 Å². The summed E-state index contributed by atoms with van der Waals surface area (Å²) in [5.74, 6) is -0.830. The van der Waals surface area contributed by atoms with E-state index in [0.717, 1.165) is 18.2 Å². The monoisotopic (exact) mass is 354 g/mol. The maximum atomic E-state index is 12.8. The third kappa shape index (κ3) is 4.54. The Morgan fingerprint density at radius 3 is 2.09 bits per heavy atom. The molecule has 2 aromatic rings. The molecule has 0 aliphatic rings. The molecule has 0 atom stereocenters. The van der Waals surface area contributed by atoms with Crippen molar-refractivity contribution < 1.29 is 31.1 Å². The van der Waals surface area contributed by atoms with Gasteiger partial charge < -0.3 is 4.74 Å². The number of rotatable bonds is 3. The lowest BCUT2D eigenvalue weighted by molar-refractivity contribution is -0.274. The van der Waals surface area contributed by atoms with Gasteiger partial charge in [0, 0.05) is 5.88 Å². The van der Waals surface area contributed by atoms with Gasteiger partial charge in [0.2, 0.25) is 0 Å². The molecule has 8 heteroatoms. The largest absolute Gasteiger partial charge is 0.573 e. The molecule has 0 unspecified atom stereocenters. The standard InChI is InChI=1S/C15H9ClF6O/c16-8-11-6-10(4-5-13(11)14(17,18)19)9-2-1-3-12(7-9)23-15(20,21)22/h1-7H,8H2. The summed E-state index contributed by atoms with van der Waals surface area (Å²) in [5, 5.41) is 0. The minimum atomic E-state index is -4.85. The van der Waals surface area contributed by atoms with Crippen LogP contribution in [0.25, 0.3) is 11.1 Å². The highest BCUT2D eigenvalue weighted by molar-refractivity contribution is 6.17. The van der Waals surface area contributed by atoms with Crippen LogP contribution in [0.3, 0.4) is 0 Å². The highest BCUT2D eigenvalue weighted by Gasteiger charge is 2.33. The summed E-state index contributed by atoms with van der Waals surface area (Å²) in [6.45, 7) is 0. The van der Waals surface area contributed by atoms with E-state index in [2.05, 4.69) is 4.74 Å². The number of hydrogen-bond acceptors (Lipinski definition) is 1. The van der Waals surface area contributed by atoms with E-state index in [9.17, 15) is 26.3 Å². The summed E-state index contributed by atoms with van der Waals surface area (Å²) in [7, 11) is 0. The molecule has 0 heterocycles. The molecule has 0 spiro atoms. The zero-order valence-corrected chi connectivity index (χ0v) is 12.1. The van der Waals surface area contributed by atoms with Crippen molar-refractivity contribution in [2.45, 2.75) is 18.4 Å². The van der Waals surface area contributed by atoms with Gasteiger partial charge in [0.1, 0.15) is 5.75 Å². The normalized spacial score (nSPS) is 12.3. The summed E-state index contributed by atoms with van der Waals surface area (Å²) in [6, 6.07) is 8.19. The topological polar surface area (TPSA) is 9.23 Å². The molecule has 1 nitrogen and oxygen atoms in total. The molecule has 0 aromatic heterocycles. The fourth-order valence-electron chi connectivity index (χ4n) is 2.03. The van der Waals surface area contributed by atoms with Crippen molar-refractivity contribution in [3.63, 3.8) is 0 Å². The SMILES string of the molecule is FC(F)(F)Oc1cccc(-c2ccc(C(F)(F)F)c(CCl)c2)c1. The smallest absolute Gasteiger partial charge is 0.406 e. The van der Waals surface area contributed by atoms with Gasteiger partial charge >= 0.3 is 12.5 Å². The van der Waals surface area contributed by atoms with Gasteiger partial charge in [0.05, 0.1) is 5.56 Å². The summed E-state index contributed by atoms with van der Waals surface area (Å²) >= 11 is 5.54. The summed E-state index contributed by atoms with van der Waals surface area (Å²) in [6.07, 6.45) is -9.40. The molecule has 0 aliphatic heterocycles. The van der Waals surface area contributed by atoms with Gasteiger partial charge in [-0.25, -0.2) is 0 Å². The van der Waals surface area contributed by atoms with Crippen molar-refractivity contribution in [1.29, 1.82) is 0 Å². The third-order valence-corrected chi connectivity index (χ3v) is 3.24. The van der Waals surface area contributed by atoms with E-state index >= 15 is 0 Å². The first kappa shape index (κ1) is 17.5. The molecule has 0 N–H and O–H groups in total. The molecular weight excluding hydrogens is 346 g/mol. The van der Waals surface area contributed by atoms with E-state index in [4.69, 9.17) is 11.6 Å². The van der Waals surface area contributed by atoms with Crippen molar-refractivity contribution in [1.82, 2.24) is 0 Å². The Hall–Kier alpha value is -1.89. The van der Waals surface area contributed by atoms with E-state index < -0.39 is 23.9 Å². The second-order valence-corrected chi connectivity index (χ2v) is 4.85. The van der Waals surface area contributed by atoms with Gasteiger partial charge in [0.15, 0.2) is 0 Å². The van der Waals surface area contributed by atoms with Crippen LogP contribution < -0.4 is 4.74 Å². The van der Waals surface area contributed by atoms with E-state index in [-0.39, 0.29) is 17.0 Å². The molecule has 23 heavy (non-hydrogen) atoms. The first-order valence-electron chi connectivity index (χ1n) is 6.22. The molecule has 0 saturated carbocycles. The van der Waals surface area contributed by atoms with Crippen molar-refractivity contribution in [2.75, 3.05) is 0 Å². The van der Waals surface area contributed by atoms with E-state index in [0.29, 0.717) is 5.56 Å². The summed E-state index contributed by atoms with van der Waals surface area (Å²) in [5.41, 5.74) is -0.439. The molecule has 0 radical (unpaired) electrons. The first-order valence-corrected chi connectivity index (χ1v) is 6.76. The van der Waals surface area contributed by atoms with Crippen LogP contribution in [-0.4, -0.2) is 6.36 Å². The predicted molar refractivity (Wildman–Crippen MR) is 73.1 cm³/mol.